The number of hydrogen-bond donors (Lipinski definition) is 0. The SMILES string of the molecule is CCOc1ccc(N=c2scc(-c3ccc(S(=O)(=O)N4CCCCC4)cc3)n2Cc2ccco2)cc1. The third-order valence-corrected chi connectivity index (χ3v) is 8.94. The van der Waals surface area contributed by atoms with Gasteiger partial charge in [0.1, 0.15) is 11.5 Å². The highest BCUT2D eigenvalue weighted by Crippen LogP contribution is 2.26. The largest absolute Gasteiger partial charge is 0.494 e. The molecule has 0 radical (unpaired) electrons. The van der Waals surface area contributed by atoms with Crippen molar-refractivity contribution in [1.82, 2.24) is 8.87 Å². The summed E-state index contributed by atoms with van der Waals surface area (Å²) in [7, 11) is -3.47. The zero-order valence-electron chi connectivity index (χ0n) is 20.2. The maximum atomic E-state index is 13.1. The number of nitrogens with zero attached hydrogens (tertiary/aromatic N) is 3. The van der Waals surface area contributed by atoms with E-state index in [4.69, 9.17) is 14.1 Å². The zero-order valence-corrected chi connectivity index (χ0v) is 21.8. The molecule has 3 heterocycles. The van der Waals surface area contributed by atoms with Gasteiger partial charge in [0.15, 0.2) is 4.80 Å². The summed E-state index contributed by atoms with van der Waals surface area (Å²) in [4.78, 5) is 6.02. The van der Waals surface area contributed by atoms with Gasteiger partial charge in [0, 0.05) is 18.5 Å². The third-order valence-electron chi connectivity index (χ3n) is 6.17. The standard InChI is InChI=1S/C27H29N3O4S2/c1-2-33-23-12-10-22(11-13-23)28-27-30(19-24-7-6-18-34-24)26(20-35-27)21-8-14-25(15-9-21)36(31,32)29-16-4-3-5-17-29/h6-15,18,20H,2-5,16-17,19H2,1H3. The molecule has 9 heteroatoms. The van der Waals surface area contributed by atoms with Gasteiger partial charge in [-0.3, -0.25) is 0 Å². The summed E-state index contributed by atoms with van der Waals surface area (Å²) in [6.07, 6.45) is 4.58. The van der Waals surface area contributed by atoms with Crippen LogP contribution in [0.2, 0.25) is 0 Å². The number of thiazole rings is 1. The van der Waals surface area contributed by atoms with Crippen molar-refractivity contribution in [3.05, 3.63) is 82.9 Å². The van der Waals surface area contributed by atoms with E-state index in [0.29, 0.717) is 31.1 Å². The number of aromatic nitrogens is 1. The number of furan rings is 1. The Hall–Kier alpha value is -3.14. The first kappa shape index (κ1) is 24.5. The van der Waals surface area contributed by atoms with Crippen LogP contribution in [-0.2, 0) is 16.6 Å². The first-order chi connectivity index (χ1) is 17.5. The minimum absolute atomic E-state index is 0.334. The van der Waals surface area contributed by atoms with Crippen LogP contribution in [0.5, 0.6) is 5.75 Å². The molecule has 2 aromatic carbocycles. The summed E-state index contributed by atoms with van der Waals surface area (Å²) < 4.78 is 41.0. The van der Waals surface area contributed by atoms with Gasteiger partial charge in [0.2, 0.25) is 10.0 Å². The predicted molar refractivity (Wildman–Crippen MR) is 141 cm³/mol. The molecule has 7 nitrogen and oxygen atoms in total. The summed E-state index contributed by atoms with van der Waals surface area (Å²) >= 11 is 1.53. The summed E-state index contributed by atoms with van der Waals surface area (Å²) in [6.45, 7) is 4.27. The highest BCUT2D eigenvalue weighted by molar-refractivity contribution is 7.89. The molecule has 188 valence electrons. The van der Waals surface area contributed by atoms with Gasteiger partial charge in [-0.1, -0.05) is 18.6 Å². The summed E-state index contributed by atoms with van der Waals surface area (Å²) in [5, 5.41) is 2.05. The van der Waals surface area contributed by atoms with E-state index in [1.54, 1.807) is 22.7 Å². The van der Waals surface area contributed by atoms with Crippen LogP contribution in [0.25, 0.3) is 11.3 Å². The van der Waals surface area contributed by atoms with Crippen LogP contribution in [0, 0.1) is 0 Å². The van der Waals surface area contributed by atoms with Gasteiger partial charge in [-0.15, -0.1) is 11.3 Å². The zero-order chi connectivity index (χ0) is 25.0. The summed E-state index contributed by atoms with van der Waals surface area (Å²) in [5.41, 5.74) is 2.69. The average Bonchev–Trinajstić information content (AvgIpc) is 3.57. The van der Waals surface area contributed by atoms with E-state index in [-0.39, 0.29) is 0 Å². The second kappa shape index (κ2) is 10.9. The quantitative estimate of drug-likeness (QED) is 0.298. The Labute approximate surface area is 215 Å². The molecule has 0 atom stereocenters. The van der Waals surface area contributed by atoms with Gasteiger partial charge in [-0.25, -0.2) is 13.4 Å². The van der Waals surface area contributed by atoms with Gasteiger partial charge in [0.25, 0.3) is 0 Å². The first-order valence-electron chi connectivity index (χ1n) is 12.1. The van der Waals surface area contributed by atoms with Crippen molar-refractivity contribution in [1.29, 1.82) is 0 Å². The molecule has 2 aromatic heterocycles. The maximum absolute atomic E-state index is 13.1. The molecule has 0 N–H and O–H groups in total. The monoisotopic (exact) mass is 523 g/mol. The topological polar surface area (TPSA) is 77.0 Å². The van der Waals surface area contributed by atoms with Crippen LogP contribution in [0.3, 0.4) is 0 Å². The van der Waals surface area contributed by atoms with E-state index in [9.17, 15) is 8.42 Å². The van der Waals surface area contributed by atoms with E-state index >= 15 is 0 Å². The molecular formula is C27H29N3O4S2. The Morgan fingerprint density at radius 2 is 1.75 bits per heavy atom. The molecule has 1 fully saturated rings. The Morgan fingerprint density at radius 3 is 2.42 bits per heavy atom. The van der Waals surface area contributed by atoms with Crippen LogP contribution in [0.15, 0.2) is 86.6 Å². The minimum Gasteiger partial charge on any atom is -0.494 e. The Kier molecular flexibility index (Phi) is 7.41. The highest BCUT2D eigenvalue weighted by Gasteiger charge is 2.26. The van der Waals surface area contributed by atoms with Crippen molar-refractivity contribution in [3.63, 3.8) is 0 Å². The molecule has 0 saturated carbocycles. The van der Waals surface area contributed by atoms with Crippen molar-refractivity contribution in [2.24, 2.45) is 4.99 Å². The molecule has 4 aromatic rings. The Balaban J connectivity index is 1.49. The average molecular weight is 524 g/mol. The van der Waals surface area contributed by atoms with Crippen LogP contribution in [0.4, 0.5) is 5.69 Å². The van der Waals surface area contributed by atoms with E-state index in [2.05, 4.69) is 4.57 Å². The fourth-order valence-corrected chi connectivity index (χ4v) is 6.75. The fraction of sp³-hybridized carbons (Fsp3) is 0.296. The van der Waals surface area contributed by atoms with Crippen molar-refractivity contribution < 1.29 is 17.6 Å². The van der Waals surface area contributed by atoms with Crippen molar-refractivity contribution >= 4 is 27.0 Å². The molecule has 1 aliphatic rings. The van der Waals surface area contributed by atoms with E-state index in [1.165, 1.54) is 11.3 Å². The molecule has 36 heavy (non-hydrogen) atoms. The van der Waals surface area contributed by atoms with E-state index in [1.807, 2.05) is 60.8 Å². The van der Waals surface area contributed by atoms with Crippen LogP contribution in [-0.4, -0.2) is 37.0 Å². The molecule has 5 rings (SSSR count). The lowest BCUT2D eigenvalue weighted by atomic mass is 10.2. The normalized spacial score (nSPS) is 15.3. The second-order valence-electron chi connectivity index (χ2n) is 8.60. The van der Waals surface area contributed by atoms with Crippen LogP contribution < -0.4 is 9.54 Å². The van der Waals surface area contributed by atoms with E-state index < -0.39 is 10.0 Å². The Morgan fingerprint density at radius 1 is 1.00 bits per heavy atom. The summed E-state index contributed by atoms with van der Waals surface area (Å²) in [5.74, 6) is 1.62. The van der Waals surface area contributed by atoms with Gasteiger partial charge in [-0.05, 0) is 73.9 Å². The summed E-state index contributed by atoms with van der Waals surface area (Å²) in [6, 6.07) is 18.6. The number of rotatable bonds is 8. The predicted octanol–water partition coefficient (Wildman–Crippen LogP) is 5.66. The number of hydrogen-bond acceptors (Lipinski definition) is 6. The molecule has 1 saturated heterocycles. The third kappa shape index (κ3) is 5.33. The van der Waals surface area contributed by atoms with Gasteiger partial charge in [0.05, 0.1) is 35.7 Å². The highest BCUT2D eigenvalue weighted by atomic mass is 32.2. The van der Waals surface area contributed by atoms with Crippen LogP contribution >= 0.6 is 11.3 Å². The molecule has 0 unspecified atom stereocenters. The molecule has 0 bridgehead atoms. The fourth-order valence-electron chi connectivity index (χ4n) is 4.31. The molecular weight excluding hydrogens is 494 g/mol. The second-order valence-corrected chi connectivity index (χ2v) is 11.4. The number of sulfonamides is 1. The number of piperidine rings is 1. The number of benzene rings is 2. The lowest BCUT2D eigenvalue weighted by Crippen LogP contribution is -2.35. The van der Waals surface area contributed by atoms with Crippen LogP contribution in [0.1, 0.15) is 31.9 Å². The molecule has 0 amide bonds. The maximum Gasteiger partial charge on any atom is 0.243 e. The minimum atomic E-state index is -3.47. The smallest absolute Gasteiger partial charge is 0.243 e. The van der Waals surface area contributed by atoms with Crippen molar-refractivity contribution in [3.8, 4) is 17.0 Å². The van der Waals surface area contributed by atoms with E-state index in [0.717, 1.165) is 52.5 Å². The Bertz CT molecular complexity index is 1450. The van der Waals surface area contributed by atoms with Crippen molar-refractivity contribution in [2.45, 2.75) is 37.6 Å². The van der Waals surface area contributed by atoms with Gasteiger partial charge in [-0.2, -0.15) is 4.31 Å². The number of ether oxygens (including phenoxy) is 1. The lowest BCUT2D eigenvalue weighted by molar-refractivity contribution is 0.340. The molecule has 0 aliphatic carbocycles. The molecule has 0 spiro atoms. The molecule has 1 aliphatic heterocycles. The van der Waals surface area contributed by atoms with Gasteiger partial charge < -0.3 is 13.7 Å². The lowest BCUT2D eigenvalue weighted by Gasteiger charge is -2.25. The first-order valence-corrected chi connectivity index (χ1v) is 14.5. The van der Waals surface area contributed by atoms with Gasteiger partial charge >= 0.3 is 0 Å². The van der Waals surface area contributed by atoms with Crippen molar-refractivity contribution in [2.75, 3.05) is 19.7 Å².